The number of fused-ring (bicyclic) bond motifs is 1. The van der Waals surface area contributed by atoms with E-state index in [9.17, 15) is 4.79 Å². The zero-order valence-electron chi connectivity index (χ0n) is 26.3. The van der Waals surface area contributed by atoms with Gasteiger partial charge in [0, 0.05) is 29.7 Å². The third kappa shape index (κ3) is 8.75. The van der Waals surface area contributed by atoms with Gasteiger partial charge >= 0.3 is 0 Å². The molecule has 6 heteroatoms. The summed E-state index contributed by atoms with van der Waals surface area (Å²) in [6, 6.07) is 15.4. The molecule has 2 aliphatic carbocycles. The fourth-order valence-corrected chi connectivity index (χ4v) is 5.41. The molecule has 0 saturated heterocycles. The van der Waals surface area contributed by atoms with E-state index >= 15 is 0 Å². The Balaban J connectivity index is 0.000000604. The number of allylic oxidation sites excluding steroid dienone is 4. The number of aldehydes is 1. The average molecular weight is 596 g/mol. The number of carbonyl (C=O) groups excluding carboxylic acids is 2. The summed E-state index contributed by atoms with van der Waals surface area (Å²) in [7, 11) is 0. The van der Waals surface area contributed by atoms with Crippen molar-refractivity contribution in [1.82, 2.24) is 14.5 Å². The summed E-state index contributed by atoms with van der Waals surface area (Å²) in [6.07, 6.45) is 19.3. The molecule has 0 unspecified atom stereocenters. The highest BCUT2D eigenvalue weighted by atomic mass is 16.4. The van der Waals surface area contributed by atoms with E-state index in [0.29, 0.717) is 11.9 Å². The van der Waals surface area contributed by atoms with Crippen molar-refractivity contribution in [1.29, 1.82) is 0 Å². The molecular weight excluding hydrogens is 546 g/mol. The molecule has 0 amide bonds. The van der Waals surface area contributed by atoms with E-state index in [1.54, 1.807) is 0 Å². The molecule has 0 radical (unpaired) electrons. The number of imidazole rings is 1. The van der Waals surface area contributed by atoms with Crippen molar-refractivity contribution in [3.05, 3.63) is 78.3 Å². The molecule has 234 valence electrons. The molecule has 6 nitrogen and oxygen atoms in total. The van der Waals surface area contributed by atoms with Gasteiger partial charge in [0.1, 0.15) is 5.82 Å². The summed E-state index contributed by atoms with van der Waals surface area (Å²) in [5.41, 5.74) is 6.69. The molecule has 2 aromatic carbocycles. The number of hydrogen-bond acceptors (Lipinski definition) is 5. The van der Waals surface area contributed by atoms with Crippen molar-refractivity contribution in [2.24, 2.45) is 5.92 Å². The van der Waals surface area contributed by atoms with E-state index in [1.165, 1.54) is 74.9 Å². The third-order valence-electron chi connectivity index (χ3n) is 7.87. The second-order valence-corrected chi connectivity index (χ2v) is 11.2. The maximum Gasteiger partial charge on any atom is 0.226 e. The lowest BCUT2D eigenvalue weighted by molar-refractivity contribution is -0.128. The monoisotopic (exact) mass is 595 g/mol. The number of rotatable bonds is 7. The van der Waals surface area contributed by atoms with E-state index in [0.717, 1.165) is 34.1 Å². The normalized spacial score (nSPS) is 15.4. The van der Waals surface area contributed by atoms with Gasteiger partial charge in [-0.2, -0.15) is 0 Å². The number of carbonyl (C=O) groups is 2. The predicted molar refractivity (Wildman–Crippen MR) is 182 cm³/mol. The number of Topliss-reactive ketones (excluding diaryl/α,β-unsaturated/α-hetero) is 1. The number of aromatic nitrogens is 3. The molecule has 44 heavy (non-hydrogen) atoms. The summed E-state index contributed by atoms with van der Waals surface area (Å²) in [6.45, 7) is 9.44. The lowest BCUT2D eigenvalue weighted by Gasteiger charge is -2.20. The first-order chi connectivity index (χ1) is 21.0. The highest BCUT2D eigenvalue weighted by Gasteiger charge is 2.23. The zero-order chi connectivity index (χ0) is 30.8. The Hall–Kier alpha value is -4.06. The molecule has 4 aromatic rings. The smallest absolute Gasteiger partial charge is 0.226 e. The quantitative estimate of drug-likeness (QED) is 0.0919. The van der Waals surface area contributed by atoms with Crippen LogP contribution in [0.4, 0.5) is 0 Å². The van der Waals surface area contributed by atoms with E-state index in [4.69, 9.17) is 14.2 Å². The molecule has 0 N–H and O–H groups in total. The van der Waals surface area contributed by atoms with Crippen LogP contribution in [0.25, 0.3) is 39.4 Å². The predicted octanol–water partition coefficient (Wildman–Crippen LogP) is 10.4. The summed E-state index contributed by atoms with van der Waals surface area (Å²) in [5, 5.41) is 0. The van der Waals surface area contributed by atoms with E-state index in [1.807, 2.05) is 20.0 Å². The van der Waals surface area contributed by atoms with Crippen molar-refractivity contribution in [2.75, 3.05) is 0 Å². The van der Waals surface area contributed by atoms with Crippen LogP contribution < -0.4 is 0 Å². The maximum atomic E-state index is 9.44. The number of hydrogen-bond donors (Lipinski definition) is 0. The third-order valence-corrected chi connectivity index (χ3v) is 7.87. The fourth-order valence-electron chi connectivity index (χ4n) is 5.41. The van der Waals surface area contributed by atoms with Crippen LogP contribution in [0.5, 0.6) is 0 Å². The van der Waals surface area contributed by atoms with Gasteiger partial charge in [-0.3, -0.25) is 9.59 Å². The van der Waals surface area contributed by atoms with Crippen molar-refractivity contribution in [2.45, 2.75) is 99.5 Å². The Labute approximate surface area is 263 Å². The van der Waals surface area contributed by atoms with Crippen LogP contribution in [-0.4, -0.2) is 26.6 Å². The molecule has 0 aliphatic heterocycles. The lowest BCUT2D eigenvalue weighted by Crippen LogP contribution is -2.11. The van der Waals surface area contributed by atoms with Crippen LogP contribution >= 0.6 is 0 Å². The first kappa shape index (κ1) is 34.4. The van der Waals surface area contributed by atoms with Gasteiger partial charge in [0.2, 0.25) is 5.89 Å². The van der Waals surface area contributed by atoms with Crippen molar-refractivity contribution < 1.29 is 14.0 Å². The molecule has 2 heterocycles. The minimum absolute atomic E-state index is 0. The van der Waals surface area contributed by atoms with Crippen LogP contribution in [0.1, 0.15) is 104 Å². The number of nitrogens with zero attached hydrogens (tertiary/aromatic N) is 3. The Morgan fingerprint density at radius 2 is 1.59 bits per heavy atom. The Kier molecular flexibility index (Phi) is 13.1. The van der Waals surface area contributed by atoms with Crippen LogP contribution in [0.15, 0.2) is 71.3 Å². The average Bonchev–Trinajstić information content (AvgIpc) is 3.70. The van der Waals surface area contributed by atoms with Crippen LogP contribution in [0, 0.1) is 12.8 Å². The first-order valence-corrected chi connectivity index (χ1v) is 15.8. The maximum absolute atomic E-state index is 9.44. The molecule has 2 fully saturated rings. The first-order valence-electron chi connectivity index (χ1n) is 15.8. The Morgan fingerprint density at radius 3 is 2.18 bits per heavy atom. The summed E-state index contributed by atoms with van der Waals surface area (Å²) >= 11 is 0. The van der Waals surface area contributed by atoms with E-state index < -0.39 is 5.78 Å². The summed E-state index contributed by atoms with van der Waals surface area (Å²) in [4.78, 5) is 28.4. The van der Waals surface area contributed by atoms with Crippen LogP contribution in [0.2, 0.25) is 0 Å². The van der Waals surface area contributed by atoms with Crippen LogP contribution in [0.3, 0.4) is 0 Å². The minimum Gasteiger partial charge on any atom is -0.436 e. The molecule has 0 spiro atoms. The van der Waals surface area contributed by atoms with Crippen LogP contribution in [-0.2, 0) is 9.59 Å². The Bertz CT molecular complexity index is 1560. The van der Waals surface area contributed by atoms with Gasteiger partial charge in [0.25, 0.3) is 0 Å². The molecular formula is C38H49N3O3. The number of ketones is 1. The highest BCUT2D eigenvalue weighted by Crippen LogP contribution is 2.37. The SMILES string of the molecule is C.C/C=C(\C=C/C1CC1)c1nc2cc(-c3ncc(-c4ccc(C)cc4)o3)ccc2n1C1CCCCCC1.CC.CC(=O)C=O. The second kappa shape index (κ2) is 16.7. The Morgan fingerprint density at radius 1 is 0.955 bits per heavy atom. The van der Waals surface area contributed by atoms with Crippen molar-refractivity contribution in [3.63, 3.8) is 0 Å². The van der Waals surface area contributed by atoms with E-state index in [2.05, 4.69) is 84.1 Å². The van der Waals surface area contributed by atoms with Gasteiger partial charge in [-0.1, -0.05) is 95.0 Å². The van der Waals surface area contributed by atoms with Crippen molar-refractivity contribution in [3.8, 4) is 22.8 Å². The van der Waals surface area contributed by atoms with Crippen molar-refractivity contribution >= 4 is 28.7 Å². The highest BCUT2D eigenvalue weighted by molar-refractivity contribution is 6.23. The number of benzene rings is 2. The molecule has 0 atom stereocenters. The fraction of sp³-hybridized carbons (Fsp3) is 0.421. The van der Waals surface area contributed by atoms with Gasteiger partial charge in [0.15, 0.2) is 17.8 Å². The molecule has 6 rings (SSSR count). The lowest BCUT2D eigenvalue weighted by atomic mass is 10.1. The standard InChI is InChI=1S/C32H35N3O.C3H4O2.C2H6.CH4/c1-3-24(17-14-23-12-13-23)31-34-28-20-26(18-19-29(28)35(31)27-8-6-4-5-7-9-27)32-33-21-30(36-32)25-15-10-22(2)11-16-25;1-3(5)2-4;1-2;/h3,10-11,14-21,23,27H,4-9,12-13H2,1-2H3;2H,1H3;1-2H3;1H4/b17-14-,24-3+;;;. The topological polar surface area (TPSA) is 78.0 Å². The minimum atomic E-state index is -0.426. The van der Waals surface area contributed by atoms with E-state index in [-0.39, 0.29) is 13.7 Å². The van der Waals surface area contributed by atoms with Gasteiger partial charge in [0.05, 0.1) is 17.2 Å². The zero-order valence-corrected chi connectivity index (χ0v) is 26.3. The summed E-state index contributed by atoms with van der Waals surface area (Å²) in [5.74, 6) is 2.84. The van der Waals surface area contributed by atoms with Gasteiger partial charge in [-0.25, -0.2) is 9.97 Å². The molecule has 0 bridgehead atoms. The molecule has 2 saturated carbocycles. The molecule has 2 aliphatic rings. The van der Waals surface area contributed by atoms with Gasteiger partial charge in [-0.15, -0.1) is 0 Å². The largest absolute Gasteiger partial charge is 0.436 e. The summed E-state index contributed by atoms with van der Waals surface area (Å²) < 4.78 is 8.72. The number of oxazole rings is 1. The van der Waals surface area contributed by atoms with Gasteiger partial charge < -0.3 is 8.98 Å². The number of aryl methyl sites for hydroxylation is 1. The second-order valence-electron chi connectivity index (χ2n) is 11.2. The molecule has 2 aromatic heterocycles. The van der Waals surface area contributed by atoms with Gasteiger partial charge in [-0.05, 0) is 63.6 Å².